The topological polar surface area (TPSA) is 29.5 Å². The Hall–Kier alpha value is -1.42. The third-order valence-electron chi connectivity index (χ3n) is 3.84. The van der Waals surface area contributed by atoms with Gasteiger partial charge >= 0.3 is 0 Å². The van der Waals surface area contributed by atoms with E-state index in [9.17, 15) is 9.18 Å². The molecule has 0 aromatic heterocycles. The Morgan fingerprint density at radius 2 is 2.21 bits per heavy atom. The van der Waals surface area contributed by atoms with E-state index < -0.39 is 5.82 Å². The summed E-state index contributed by atoms with van der Waals surface area (Å²) >= 11 is 0. The molecule has 1 aromatic rings. The van der Waals surface area contributed by atoms with Crippen molar-refractivity contribution in [1.29, 1.82) is 0 Å². The summed E-state index contributed by atoms with van der Waals surface area (Å²) in [5, 5.41) is 0. The van der Waals surface area contributed by atoms with Gasteiger partial charge in [-0.1, -0.05) is 6.07 Å². The summed E-state index contributed by atoms with van der Waals surface area (Å²) in [6.45, 7) is 4.95. The van der Waals surface area contributed by atoms with Gasteiger partial charge < -0.3 is 9.64 Å². The first-order chi connectivity index (χ1) is 8.97. The minimum atomic E-state index is -0.449. The lowest BCUT2D eigenvalue weighted by molar-refractivity contribution is -0.00470. The predicted octanol–water partition coefficient (Wildman–Crippen LogP) is 3.03. The van der Waals surface area contributed by atoms with Crippen LogP contribution in [-0.2, 0) is 4.74 Å². The van der Waals surface area contributed by atoms with Crippen molar-refractivity contribution in [2.24, 2.45) is 0 Å². The van der Waals surface area contributed by atoms with Gasteiger partial charge in [-0.25, -0.2) is 4.39 Å². The van der Waals surface area contributed by atoms with Crippen molar-refractivity contribution >= 4 is 11.5 Å². The molecule has 1 fully saturated rings. The summed E-state index contributed by atoms with van der Waals surface area (Å²) < 4.78 is 19.4. The maximum Gasteiger partial charge on any atom is 0.164 e. The third-order valence-corrected chi connectivity index (χ3v) is 3.84. The molecule has 1 aliphatic rings. The Morgan fingerprint density at radius 3 is 2.84 bits per heavy atom. The third kappa shape index (κ3) is 2.78. The van der Waals surface area contributed by atoms with Gasteiger partial charge in [0.05, 0.1) is 16.9 Å². The number of ether oxygens (including phenoxy) is 1. The van der Waals surface area contributed by atoms with Crippen LogP contribution in [0, 0.1) is 5.82 Å². The number of rotatable bonds is 3. The van der Waals surface area contributed by atoms with E-state index in [2.05, 4.69) is 0 Å². The predicted molar refractivity (Wildman–Crippen MR) is 73.3 cm³/mol. The molecule has 3 nitrogen and oxygen atoms in total. The van der Waals surface area contributed by atoms with E-state index in [0.29, 0.717) is 12.2 Å². The summed E-state index contributed by atoms with van der Waals surface area (Å²) in [5.41, 5.74) is 0.622. The van der Waals surface area contributed by atoms with Gasteiger partial charge in [0.15, 0.2) is 5.78 Å². The number of methoxy groups -OCH3 is 1. The lowest BCUT2D eigenvalue weighted by Gasteiger charge is -2.41. The Bertz CT molecular complexity index is 489. The number of hydrogen-bond donors (Lipinski definition) is 0. The van der Waals surface area contributed by atoms with E-state index in [1.165, 1.54) is 13.0 Å². The van der Waals surface area contributed by atoms with E-state index in [0.717, 1.165) is 19.4 Å². The van der Waals surface area contributed by atoms with Crippen LogP contribution in [0.25, 0.3) is 0 Å². The average Bonchev–Trinajstić information content (AvgIpc) is 2.38. The fourth-order valence-corrected chi connectivity index (χ4v) is 2.70. The van der Waals surface area contributed by atoms with Crippen molar-refractivity contribution in [2.75, 3.05) is 25.1 Å². The number of anilines is 1. The molecule has 0 unspecified atom stereocenters. The van der Waals surface area contributed by atoms with Crippen molar-refractivity contribution in [2.45, 2.75) is 32.3 Å². The number of carbonyl (C=O) groups excluding carboxylic acids is 1. The summed E-state index contributed by atoms with van der Waals surface area (Å²) in [4.78, 5) is 13.7. The van der Waals surface area contributed by atoms with Crippen molar-refractivity contribution < 1.29 is 13.9 Å². The molecule has 104 valence electrons. The van der Waals surface area contributed by atoms with Crippen LogP contribution in [0.5, 0.6) is 0 Å². The molecule has 4 heteroatoms. The van der Waals surface area contributed by atoms with Gasteiger partial charge in [-0.05, 0) is 38.8 Å². The van der Waals surface area contributed by atoms with Crippen molar-refractivity contribution in [1.82, 2.24) is 0 Å². The van der Waals surface area contributed by atoms with Gasteiger partial charge in [-0.15, -0.1) is 0 Å². The molecule has 1 saturated heterocycles. The van der Waals surface area contributed by atoms with Gasteiger partial charge in [0.25, 0.3) is 0 Å². The molecule has 0 bridgehead atoms. The SMILES string of the molecule is CO[C@]1(C)CCCN(c2cccc(F)c2C(C)=O)C1. The first-order valence-corrected chi connectivity index (χ1v) is 6.56. The quantitative estimate of drug-likeness (QED) is 0.787. The minimum Gasteiger partial charge on any atom is -0.377 e. The van der Waals surface area contributed by atoms with E-state index in [1.807, 2.05) is 11.8 Å². The van der Waals surface area contributed by atoms with E-state index >= 15 is 0 Å². The van der Waals surface area contributed by atoms with Crippen LogP contribution < -0.4 is 4.90 Å². The Kier molecular flexibility index (Phi) is 3.90. The minimum absolute atomic E-state index is 0.183. The first-order valence-electron chi connectivity index (χ1n) is 6.56. The van der Waals surface area contributed by atoms with Crippen LogP contribution in [0.15, 0.2) is 18.2 Å². The molecule has 1 atom stereocenters. The van der Waals surface area contributed by atoms with Crippen LogP contribution in [0.3, 0.4) is 0 Å². The van der Waals surface area contributed by atoms with Gasteiger partial charge in [-0.2, -0.15) is 0 Å². The van der Waals surface area contributed by atoms with Gasteiger partial charge in [0, 0.05) is 20.2 Å². The second-order valence-corrected chi connectivity index (χ2v) is 5.37. The lowest BCUT2D eigenvalue weighted by Crippen LogP contribution is -2.47. The van der Waals surface area contributed by atoms with Gasteiger partial charge in [-0.3, -0.25) is 4.79 Å². The Labute approximate surface area is 113 Å². The zero-order valence-corrected chi connectivity index (χ0v) is 11.7. The van der Waals surface area contributed by atoms with E-state index in [4.69, 9.17) is 4.74 Å². The molecule has 0 saturated carbocycles. The Balaban J connectivity index is 2.37. The number of nitrogens with zero attached hydrogens (tertiary/aromatic N) is 1. The largest absolute Gasteiger partial charge is 0.377 e. The zero-order valence-electron chi connectivity index (χ0n) is 11.7. The number of benzene rings is 1. The normalized spacial score (nSPS) is 23.5. The van der Waals surface area contributed by atoms with Crippen LogP contribution in [0.2, 0.25) is 0 Å². The molecule has 1 aliphatic heterocycles. The van der Waals surface area contributed by atoms with Crippen LogP contribution in [-0.4, -0.2) is 31.6 Å². The summed E-state index contributed by atoms with van der Waals surface area (Å²) in [7, 11) is 1.70. The summed E-state index contributed by atoms with van der Waals surface area (Å²) in [5.74, 6) is -0.688. The monoisotopic (exact) mass is 265 g/mol. The second kappa shape index (κ2) is 5.29. The number of carbonyl (C=O) groups is 1. The summed E-state index contributed by atoms with van der Waals surface area (Å²) in [6, 6.07) is 4.79. The number of ketones is 1. The first kappa shape index (κ1) is 14.0. The van der Waals surface area contributed by atoms with E-state index in [-0.39, 0.29) is 16.9 Å². The maximum atomic E-state index is 13.9. The highest BCUT2D eigenvalue weighted by atomic mass is 19.1. The Morgan fingerprint density at radius 1 is 1.47 bits per heavy atom. The molecule has 0 aliphatic carbocycles. The van der Waals surface area contributed by atoms with Crippen LogP contribution in [0.1, 0.15) is 37.0 Å². The van der Waals surface area contributed by atoms with E-state index in [1.54, 1.807) is 19.2 Å². The highest BCUT2D eigenvalue weighted by Crippen LogP contribution is 2.31. The smallest absolute Gasteiger partial charge is 0.164 e. The number of Topliss-reactive ketones (excluding diaryl/α,β-unsaturated/α-hetero) is 1. The summed E-state index contributed by atoms with van der Waals surface area (Å²) in [6.07, 6.45) is 1.95. The highest BCUT2D eigenvalue weighted by molar-refractivity contribution is 6.00. The fourth-order valence-electron chi connectivity index (χ4n) is 2.70. The van der Waals surface area contributed by atoms with Crippen LogP contribution in [0.4, 0.5) is 10.1 Å². The van der Waals surface area contributed by atoms with Crippen LogP contribution >= 0.6 is 0 Å². The zero-order chi connectivity index (χ0) is 14.0. The molecule has 0 amide bonds. The molecule has 0 N–H and O–H groups in total. The molecule has 0 spiro atoms. The lowest BCUT2D eigenvalue weighted by atomic mass is 9.93. The average molecular weight is 265 g/mol. The van der Waals surface area contributed by atoms with Crippen molar-refractivity contribution in [3.05, 3.63) is 29.6 Å². The second-order valence-electron chi connectivity index (χ2n) is 5.37. The van der Waals surface area contributed by atoms with Gasteiger partial charge in [0.2, 0.25) is 0 Å². The standard InChI is InChI=1S/C15H20FNO2/c1-11(18)14-12(16)6-4-7-13(14)17-9-5-8-15(2,10-17)19-3/h4,6-7H,5,8-10H2,1-3H3/t15-/m1/s1. The molecule has 0 radical (unpaired) electrons. The van der Waals surface area contributed by atoms with Gasteiger partial charge in [0.1, 0.15) is 5.82 Å². The molecular weight excluding hydrogens is 245 g/mol. The van der Waals surface area contributed by atoms with Crippen molar-refractivity contribution in [3.63, 3.8) is 0 Å². The number of hydrogen-bond acceptors (Lipinski definition) is 3. The molecule has 19 heavy (non-hydrogen) atoms. The molecular formula is C15H20FNO2. The fraction of sp³-hybridized carbons (Fsp3) is 0.533. The molecule has 1 aromatic carbocycles. The molecule has 2 rings (SSSR count). The number of halogens is 1. The number of piperidine rings is 1. The molecule has 1 heterocycles. The highest BCUT2D eigenvalue weighted by Gasteiger charge is 2.32. The van der Waals surface area contributed by atoms with Crippen molar-refractivity contribution in [3.8, 4) is 0 Å². The maximum absolute atomic E-state index is 13.9.